The molecule has 7 nitrogen and oxygen atoms in total. The van der Waals surface area contributed by atoms with E-state index in [4.69, 9.17) is 0 Å². The van der Waals surface area contributed by atoms with E-state index in [1.807, 2.05) is 30.3 Å². The predicted octanol–water partition coefficient (Wildman–Crippen LogP) is 3.45. The fraction of sp³-hybridized carbons (Fsp3) is 0.400. The normalized spacial score (nSPS) is 14.2. The molecular weight excluding hydrogens is 397 g/mol. The van der Waals surface area contributed by atoms with Gasteiger partial charge in [-0.05, 0) is 31.2 Å². The van der Waals surface area contributed by atoms with Crippen LogP contribution in [-0.4, -0.2) is 30.5 Å². The number of carbonyl (C=O) groups excluding carboxylic acids is 1. The molecule has 0 spiro atoms. The average molecular weight is 418 g/mol. The van der Waals surface area contributed by atoms with E-state index in [1.165, 1.54) is 11.0 Å². The van der Waals surface area contributed by atoms with E-state index in [9.17, 15) is 18.0 Å². The van der Waals surface area contributed by atoms with Gasteiger partial charge in [-0.3, -0.25) is 14.8 Å². The Morgan fingerprint density at radius 1 is 1.07 bits per heavy atom. The van der Waals surface area contributed by atoms with E-state index >= 15 is 0 Å². The summed E-state index contributed by atoms with van der Waals surface area (Å²) in [6, 6.07) is 9.63. The number of amides is 1. The van der Waals surface area contributed by atoms with E-state index in [-0.39, 0.29) is 18.1 Å². The van der Waals surface area contributed by atoms with Crippen molar-refractivity contribution in [2.75, 3.05) is 5.32 Å². The molecule has 0 saturated heterocycles. The second kappa shape index (κ2) is 8.29. The Kier molecular flexibility index (Phi) is 5.56. The number of halogens is 3. The number of aromatic nitrogens is 5. The number of fused-ring (bicyclic) bond motifs is 1. The Morgan fingerprint density at radius 3 is 2.60 bits per heavy atom. The summed E-state index contributed by atoms with van der Waals surface area (Å²) in [6.45, 7) is 0.178. The zero-order chi connectivity index (χ0) is 21.1. The van der Waals surface area contributed by atoms with Gasteiger partial charge in [0.2, 0.25) is 11.9 Å². The third-order valence-electron chi connectivity index (χ3n) is 5.04. The lowest BCUT2D eigenvalue weighted by Gasteiger charge is -2.07. The van der Waals surface area contributed by atoms with Gasteiger partial charge in [0.25, 0.3) is 0 Å². The smallest absolute Gasteiger partial charge is 0.292 e. The fourth-order valence-electron chi connectivity index (χ4n) is 3.70. The van der Waals surface area contributed by atoms with Crippen molar-refractivity contribution in [1.29, 1.82) is 0 Å². The molecule has 0 unspecified atom stereocenters. The summed E-state index contributed by atoms with van der Waals surface area (Å²) >= 11 is 0. The second-order valence-electron chi connectivity index (χ2n) is 7.29. The lowest BCUT2D eigenvalue weighted by atomic mass is 10.1. The largest absolute Gasteiger partial charge is 0.435 e. The van der Waals surface area contributed by atoms with Crippen molar-refractivity contribution >= 4 is 11.9 Å². The van der Waals surface area contributed by atoms with Gasteiger partial charge in [-0.1, -0.05) is 36.8 Å². The van der Waals surface area contributed by atoms with Crippen LogP contribution in [0.3, 0.4) is 0 Å². The number of hydrogen-bond donors (Lipinski definition) is 1. The van der Waals surface area contributed by atoms with Gasteiger partial charge in [0.1, 0.15) is 12.9 Å². The van der Waals surface area contributed by atoms with Crippen molar-refractivity contribution in [1.82, 2.24) is 24.5 Å². The molecule has 2 aromatic heterocycles. The summed E-state index contributed by atoms with van der Waals surface area (Å²) in [6.07, 6.45) is 0.103. The average Bonchev–Trinajstić information content (AvgIpc) is 3.18. The first-order valence-corrected chi connectivity index (χ1v) is 9.79. The summed E-state index contributed by atoms with van der Waals surface area (Å²) in [7, 11) is 0. The minimum atomic E-state index is -4.53. The van der Waals surface area contributed by atoms with Crippen LogP contribution in [0.2, 0.25) is 0 Å². The van der Waals surface area contributed by atoms with Crippen LogP contribution in [0.4, 0.5) is 19.1 Å². The first-order valence-electron chi connectivity index (χ1n) is 9.79. The SMILES string of the molecule is O=C(Cn1nc(C(F)(F)F)c2c1CCCCC2)Nc1ncn(Cc2ccccc2)n1. The Bertz CT molecular complexity index is 1030. The van der Waals surface area contributed by atoms with Gasteiger partial charge in [0, 0.05) is 11.3 Å². The highest BCUT2D eigenvalue weighted by atomic mass is 19.4. The fourth-order valence-corrected chi connectivity index (χ4v) is 3.70. The molecular formula is C20H21F3N6O. The molecule has 30 heavy (non-hydrogen) atoms. The van der Waals surface area contributed by atoms with Crippen molar-refractivity contribution in [3.8, 4) is 0 Å². The van der Waals surface area contributed by atoms with E-state index in [2.05, 4.69) is 20.5 Å². The molecule has 0 aliphatic heterocycles. The van der Waals surface area contributed by atoms with E-state index in [0.717, 1.165) is 18.4 Å². The second-order valence-corrected chi connectivity index (χ2v) is 7.29. The highest BCUT2D eigenvalue weighted by molar-refractivity contribution is 5.88. The molecule has 1 amide bonds. The highest BCUT2D eigenvalue weighted by Gasteiger charge is 2.39. The van der Waals surface area contributed by atoms with Gasteiger partial charge in [0.15, 0.2) is 5.69 Å². The van der Waals surface area contributed by atoms with Gasteiger partial charge in [-0.25, -0.2) is 9.67 Å². The van der Waals surface area contributed by atoms with Gasteiger partial charge >= 0.3 is 6.18 Å². The first kappa shape index (κ1) is 20.1. The van der Waals surface area contributed by atoms with Crippen LogP contribution in [0, 0.1) is 0 Å². The van der Waals surface area contributed by atoms with Crippen molar-refractivity contribution in [2.24, 2.45) is 0 Å². The lowest BCUT2D eigenvalue weighted by molar-refractivity contribution is -0.142. The van der Waals surface area contributed by atoms with E-state index in [1.54, 1.807) is 4.68 Å². The van der Waals surface area contributed by atoms with Crippen molar-refractivity contribution in [3.63, 3.8) is 0 Å². The maximum Gasteiger partial charge on any atom is 0.435 e. The summed E-state index contributed by atoms with van der Waals surface area (Å²) in [5, 5.41) is 10.5. The maximum absolute atomic E-state index is 13.4. The number of anilines is 1. The number of alkyl halides is 3. The number of benzene rings is 1. The van der Waals surface area contributed by atoms with Crippen molar-refractivity contribution < 1.29 is 18.0 Å². The molecule has 10 heteroatoms. The van der Waals surface area contributed by atoms with Crippen molar-refractivity contribution in [2.45, 2.75) is 51.4 Å². The molecule has 1 aliphatic carbocycles. The first-order chi connectivity index (χ1) is 14.4. The molecule has 0 radical (unpaired) electrons. The van der Waals surface area contributed by atoms with Crippen LogP contribution in [0.15, 0.2) is 36.7 Å². The maximum atomic E-state index is 13.4. The van der Waals surface area contributed by atoms with Gasteiger partial charge in [-0.2, -0.15) is 18.3 Å². The molecule has 0 atom stereocenters. The zero-order valence-electron chi connectivity index (χ0n) is 16.2. The third-order valence-corrected chi connectivity index (χ3v) is 5.04. The topological polar surface area (TPSA) is 77.6 Å². The lowest BCUT2D eigenvalue weighted by Crippen LogP contribution is -2.22. The molecule has 4 rings (SSSR count). The Labute approximate surface area is 170 Å². The minimum Gasteiger partial charge on any atom is -0.292 e. The molecule has 2 heterocycles. The molecule has 0 bridgehead atoms. The molecule has 158 valence electrons. The van der Waals surface area contributed by atoms with E-state index in [0.29, 0.717) is 31.5 Å². The summed E-state index contributed by atoms with van der Waals surface area (Å²) in [4.78, 5) is 16.5. The van der Waals surface area contributed by atoms with Gasteiger partial charge in [0.05, 0.1) is 6.54 Å². The number of nitrogens with zero attached hydrogens (tertiary/aromatic N) is 5. The number of nitrogens with one attached hydrogen (secondary N) is 1. The van der Waals surface area contributed by atoms with Crippen LogP contribution in [0.1, 0.15) is 41.8 Å². The quantitative estimate of drug-likeness (QED) is 0.644. The third kappa shape index (κ3) is 4.52. The Hall–Kier alpha value is -3.17. The van der Waals surface area contributed by atoms with Crippen LogP contribution in [-0.2, 0) is 36.9 Å². The highest BCUT2D eigenvalue weighted by Crippen LogP contribution is 2.35. The zero-order valence-corrected chi connectivity index (χ0v) is 16.2. The number of hydrogen-bond acceptors (Lipinski definition) is 4. The van der Waals surface area contributed by atoms with Crippen LogP contribution < -0.4 is 5.32 Å². The number of carbonyl (C=O) groups is 1. The Morgan fingerprint density at radius 2 is 1.83 bits per heavy atom. The van der Waals surface area contributed by atoms with Crippen LogP contribution in [0.5, 0.6) is 0 Å². The predicted molar refractivity (Wildman–Crippen MR) is 103 cm³/mol. The molecule has 0 saturated carbocycles. The summed E-state index contributed by atoms with van der Waals surface area (Å²) < 4.78 is 42.9. The van der Waals surface area contributed by atoms with Gasteiger partial charge < -0.3 is 0 Å². The monoisotopic (exact) mass is 418 g/mol. The molecule has 1 aromatic carbocycles. The van der Waals surface area contributed by atoms with Gasteiger partial charge in [-0.15, -0.1) is 5.10 Å². The molecule has 1 N–H and O–H groups in total. The summed E-state index contributed by atoms with van der Waals surface area (Å²) in [5.74, 6) is -0.416. The minimum absolute atomic E-state index is 0.102. The van der Waals surface area contributed by atoms with Crippen LogP contribution in [0.25, 0.3) is 0 Å². The standard InChI is InChI=1S/C20H21F3N6O/c21-20(22,23)18-15-9-5-2-6-10-16(15)29(26-18)12-17(30)25-19-24-13-28(27-19)11-14-7-3-1-4-8-14/h1,3-4,7-8,13H,2,5-6,9-12H2,(H,25,27,30). The molecule has 0 fully saturated rings. The van der Waals surface area contributed by atoms with Crippen molar-refractivity contribution in [3.05, 3.63) is 59.2 Å². The number of rotatable bonds is 5. The Balaban J connectivity index is 1.46. The van der Waals surface area contributed by atoms with E-state index < -0.39 is 17.8 Å². The summed E-state index contributed by atoms with van der Waals surface area (Å²) in [5.41, 5.74) is 0.868. The van der Waals surface area contributed by atoms with Crippen LogP contribution >= 0.6 is 0 Å². The molecule has 3 aromatic rings. The molecule has 1 aliphatic rings.